The van der Waals surface area contributed by atoms with E-state index in [1.54, 1.807) is 0 Å². The van der Waals surface area contributed by atoms with Crippen LogP contribution in [0.25, 0.3) is 0 Å². The highest BCUT2D eigenvalue weighted by atomic mass is 32.2. The zero-order valence-electron chi connectivity index (χ0n) is 14.5. The Morgan fingerprint density at radius 3 is 2.28 bits per heavy atom. The second-order valence-electron chi connectivity index (χ2n) is 6.42. The lowest BCUT2D eigenvalue weighted by atomic mass is 10.1. The summed E-state index contributed by atoms with van der Waals surface area (Å²) in [6.07, 6.45) is 1.99. The molecule has 130 valence electrons. The van der Waals surface area contributed by atoms with Gasteiger partial charge in [-0.3, -0.25) is 9.59 Å². The van der Waals surface area contributed by atoms with Gasteiger partial charge in [-0.15, -0.1) is 11.8 Å². The van der Waals surface area contributed by atoms with E-state index in [0.717, 1.165) is 34.7 Å². The van der Waals surface area contributed by atoms with Gasteiger partial charge in [0.1, 0.15) is 0 Å². The fraction of sp³-hybridized carbons (Fsp3) is 0.300. The number of aryl methyl sites for hydroxylation is 2. The van der Waals surface area contributed by atoms with Crippen LogP contribution in [0.3, 0.4) is 0 Å². The largest absolute Gasteiger partial charge is 0.326 e. The van der Waals surface area contributed by atoms with E-state index in [9.17, 15) is 9.59 Å². The summed E-state index contributed by atoms with van der Waals surface area (Å²) >= 11 is 1.48. The van der Waals surface area contributed by atoms with E-state index in [1.165, 1.54) is 17.3 Å². The summed E-state index contributed by atoms with van der Waals surface area (Å²) in [7, 11) is 0. The van der Waals surface area contributed by atoms with Gasteiger partial charge in [-0.05, 0) is 74.2 Å². The Bertz CT molecular complexity index is 783. The SMILES string of the molecule is Cc1ccc(NC(=O)CSc2ccc(NC(=O)C3CC3)cc2)cc1C. The minimum atomic E-state index is -0.0284. The lowest BCUT2D eigenvalue weighted by Gasteiger charge is -2.08. The molecule has 1 saturated carbocycles. The molecule has 5 heteroatoms. The van der Waals surface area contributed by atoms with E-state index < -0.39 is 0 Å². The number of thioether (sulfide) groups is 1. The molecule has 0 spiro atoms. The minimum absolute atomic E-state index is 0.0284. The summed E-state index contributed by atoms with van der Waals surface area (Å²) < 4.78 is 0. The number of amides is 2. The van der Waals surface area contributed by atoms with Crippen LogP contribution >= 0.6 is 11.8 Å². The lowest BCUT2D eigenvalue weighted by molar-refractivity contribution is -0.117. The molecule has 2 aromatic carbocycles. The number of hydrogen-bond acceptors (Lipinski definition) is 3. The number of carbonyl (C=O) groups is 2. The molecular formula is C20H22N2O2S. The predicted molar refractivity (Wildman–Crippen MR) is 103 cm³/mol. The van der Waals surface area contributed by atoms with Crippen molar-refractivity contribution in [3.05, 3.63) is 53.6 Å². The van der Waals surface area contributed by atoms with Crippen molar-refractivity contribution in [2.45, 2.75) is 31.6 Å². The Morgan fingerprint density at radius 2 is 1.64 bits per heavy atom. The van der Waals surface area contributed by atoms with Crippen molar-refractivity contribution in [3.8, 4) is 0 Å². The van der Waals surface area contributed by atoms with Gasteiger partial charge in [-0.1, -0.05) is 6.07 Å². The Kier molecular flexibility index (Phi) is 5.43. The third-order valence-corrected chi connectivity index (χ3v) is 5.24. The number of anilines is 2. The first-order valence-electron chi connectivity index (χ1n) is 8.42. The monoisotopic (exact) mass is 354 g/mol. The highest BCUT2D eigenvalue weighted by Gasteiger charge is 2.29. The molecule has 0 radical (unpaired) electrons. The molecule has 0 aromatic heterocycles. The van der Waals surface area contributed by atoms with Crippen LogP contribution in [0, 0.1) is 19.8 Å². The van der Waals surface area contributed by atoms with Crippen LogP contribution in [0.2, 0.25) is 0 Å². The van der Waals surface area contributed by atoms with Gasteiger partial charge in [0.25, 0.3) is 0 Å². The normalized spacial score (nSPS) is 13.4. The Labute approximate surface area is 152 Å². The molecule has 2 amide bonds. The van der Waals surface area contributed by atoms with Gasteiger partial charge in [0, 0.05) is 22.2 Å². The van der Waals surface area contributed by atoms with Gasteiger partial charge in [-0.2, -0.15) is 0 Å². The van der Waals surface area contributed by atoms with Gasteiger partial charge in [0.15, 0.2) is 0 Å². The van der Waals surface area contributed by atoms with Crippen molar-refractivity contribution in [2.75, 3.05) is 16.4 Å². The van der Waals surface area contributed by atoms with Crippen LogP contribution in [0.4, 0.5) is 11.4 Å². The molecule has 2 aromatic rings. The van der Waals surface area contributed by atoms with E-state index in [-0.39, 0.29) is 17.7 Å². The number of rotatable bonds is 6. The molecule has 0 heterocycles. The van der Waals surface area contributed by atoms with Gasteiger partial charge in [0.05, 0.1) is 5.75 Å². The fourth-order valence-corrected chi connectivity index (χ4v) is 3.09. The van der Waals surface area contributed by atoms with Crippen LogP contribution < -0.4 is 10.6 Å². The van der Waals surface area contributed by atoms with Crippen molar-refractivity contribution >= 4 is 35.0 Å². The first-order chi connectivity index (χ1) is 12.0. The fourth-order valence-electron chi connectivity index (χ4n) is 2.39. The smallest absolute Gasteiger partial charge is 0.234 e. The maximum absolute atomic E-state index is 12.1. The maximum Gasteiger partial charge on any atom is 0.234 e. The Hall–Kier alpha value is -2.27. The van der Waals surface area contributed by atoms with E-state index in [1.807, 2.05) is 56.3 Å². The molecular weight excluding hydrogens is 332 g/mol. The second-order valence-corrected chi connectivity index (χ2v) is 7.47. The molecule has 25 heavy (non-hydrogen) atoms. The summed E-state index contributed by atoms with van der Waals surface area (Å²) in [6, 6.07) is 13.5. The standard InChI is InChI=1S/C20H22N2O2S/c1-13-3-6-17(11-14(13)2)21-19(23)12-25-18-9-7-16(8-10-18)22-20(24)15-4-5-15/h3,6-11,15H,4-5,12H2,1-2H3,(H,21,23)(H,22,24). The molecule has 0 aliphatic heterocycles. The van der Waals surface area contributed by atoms with Crippen LogP contribution in [0.1, 0.15) is 24.0 Å². The summed E-state index contributed by atoms with van der Waals surface area (Å²) in [5, 5.41) is 5.83. The molecule has 3 rings (SSSR count). The first-order valence-corrected chi connectivity index (χ1v) is 9.40. The van der Waals surface area contributed by atoms with Crippen molar-refractivity contribution in [2.24, 2.45) is 5.92 Å². The zero-order chi connectivity index (χ0) is 17.8. The molecule has 1 aliphatic rings. The minimum Gasteiger partial charge on any atom is -0.326 e. The van der Waals surface area contributed by atoms with Crippen molar-refractivity contribution in [1.29, 1.82) is 0 Å². The zero-order valence-corrected chi connectivity index (χ0v) is 15.3. The predicted octanol–water partition coefficient (Wildman–Crippen LogP) is 4.38. The molecule has 4 nitrogen and oxygen atoms in total. The van der Waals surface area contributed by atoms with E-state index in [4.69, 9.17) is 0 Å². The van der Waals surface area contributed by atoms with Crippen molar-refractivity contribution in [3.63, 3.8) is 0 Å². The van der Waals surface area contributed by atoms with Crippen LogP contribution in [-0.2, 0) is 9.59 Å². The highest BCUT2D eigenvalue weighted by Crippen LogP contribution is 2.30. The topological polar surface area (TPSA) is 58.2 Å². The molecule has 0 saturated heterocycles. The van der Waals surface area contributed by atoms with E-state index >= 15 is 0 Å². The van der Waals surface area contributed by atoms with Crippen molar-refractivity contribution in [1.82, 2.24) is 0 Å². The summed E-state index contributed by atoms with van der Waals surface area (Å²) in [5.74, 6) is 0.622. The van der Waals surface area contributed by atoms with Gasteiger partial charge >= 0.3 is 0 Å². The summed E-state index contributed by atoms with van der Waals surface area (Å²) in [6.45, 7) is 4.08. The van der Waals surface area contributed by atoms with Gasteiger partial charge in [0.2, 0.25) is 11.8 Å². The number of benzene rings is 2. The van der Waals surface area contributed by atoms with Crippen LogP contribution in [0.15, 0.2) is 47.4 Å². The Morgan fingerprint density at radius 1 is 0.960 bits per heavy atom. The average molecular weight is 354 g/mol. The van der Waals surface area contributed by atoms with E-state index in [2.05, 4.69) is 10.6 Å². The van der Waals surface area contributed by atoms with Crippen molar-refractivity contribution < 1.29 is 9.59 Å². The highest BCUT2D eigenvalue weighted by molar-refractivity contribution is 8.00. The third-order valence-electron chi connectivity index (χ3n) is 4.23. The van der Waals surface area contributed by atoms with Gasteiger partial charge in [-0.25, -0.2) is 0 Å². The van der Waals surface area contributed by atoms with Gasteiger partial charge < -0.3 is 10.6 Å². The first kappa shape index (κ1) is 17.5. The quantitative estimate of drug-likeness (QED) is 0.757. The van der Waals surface area contributed by atoms with Crippen LogP contribution in [-0.4, -0.2) is 17.6 Å². The number of carbonyl (C=O) groups excluding carboxylic acids is 2. The molecule has 0 atom stereocenters. The summed E-state index contributed by atoms with van der Waals surface area (Å²) in [4.78, 5) is 24.8. The number of hydrogen-bond donors (Lipinski definition) is 2. The third kappa shape index (κ3) is 5.10. The lowest BCUT2D eigenvalue weighted by Crippen LogP contribution is -2.14. The summed E-state index contributed by atoms with van der Waals surface area (Å²) in [5.41, 5.74) is 4.00. The molecule has 0 bridgehead atoms. The Balaban J connectivity index is 1.48. The second kappa shape index (κ2) is 7.74. The molecule has 2 N–H and O–H groups in total. The number of nitrogens with one attached hydrogen (secondary N) is 2. The molecule has 0 unspecified atom stereocenters. The van der Waals surface area contributed by atoms with Crippen LogP contribution in [0.5, 0.6) is 0 Å². The average Bonchev–Trinajstić information content (AvgIpc) is 3.43. The van der Waals surface area contributed by atoms with E-state index in [0.29, 0.717) is 5.75 Å². The maximum atomic E-state index is 12.1. The molecule has 1 fully saturated rings. The molecule has 1 aliphatic carbocycles.